The molecule has 0 atom stereocenters. The van der Waals surface area contributed by atoms with Crippen LogP contribution in [0.4, 0.5) is 0 Å². The molecule has 0 spiro atoms. The summed E-state index contributed by atoms with van der Waals surface area (Å²) in [7, 11) is 0. The first kappa shape index (κ1) is 16.8. The Bertz CT molecular complexity index is 459. The van der Waals surface area contributed by atoms with Crippen molar-refractivity contribution in [3.63, 3.8) is 0 Å². The van der Waals surface area contributed by atoms with Crippen molar-refractivity contribution >= 4 is 11.6 Å². The monoisotopic (exact) mass is 311 g/mol. The van der Waals surface area contributed by atoms with Crippen molar-refractivity contribution in [3.8, 4) is 0 Å². The van der Waals surface area contributed by atoms with E-state index in [2.05, 4.69) is 30.6 Å². The normalized spacial score (nSPS) is 26.2. The minimum absolute atomic E-state index is 0.229. The predicted octanol–water partition coefficient (Wildman–Crippen LogP) is 4.21. The van der Waals surface area contributed by atoms with Crippen molar-refractivity contribution < 1.29 is 0 Å². The van der Waals surface area contributed by atoms with Crippen LogP contribution in [0, 0.1) is 11.3 Å². The Labute approximate surface area is 134 Å². The van der Waals surface area contributed by atoms with Crippen LogP contribution in [0.25, 0.3) is 0 Å². The highest BCUT2D eigenvalue weighted by atomic mass is 35.5. The molecule has 0 amide bonds. The highest BCUT2D eigenvalue weighted by Gasteiger charge is 2.35. The fourth-order valence-corrected chi connectivity index (χ4v) is 4.03. The van der Waals surface area contributed by atoms with E-state index in [4.69, 9.17) is 17.3 Å². The molecule has 1 fully saturated rings. The second-order valence-electron chi connectivity index (χ2n) is 6.61. The van der Waals surface area contributed by atoms with Crippen LogP contribution in [0.2, 0.25) is 5.02 Å². The van der Waals surface area contributed by atoms with Gasteiger partial charge in [-0.15, -0.1) is 0 Å². The van der Waals surface area contributed by atoms with Crippen LogP contribution in [0.15, 0.2) is 0 Å². The van der Waals surface area contributed by atoms with Gasteiger partial charge in [0.25, 0.3) is 0 Å². The lowest BCUT2D eigenvalue weighted by Gasteiger charge is -2.39. The summed E-state index contributed by atoms with van der Waals surface area (Å²) in [6.45, 7) is 8.19. The average Bonchev–Trinajstić information content (AvgIpc) is 2.83. The van der Waals surface area contributed by atoms with Crippen molar-refractivity contribution in [1.82, 2.24) is 9.78 Å². The van der Waals surface area contributed by atoms with Gasteiger partial charge in [-0.1, -0.05) is 31.9 Å². The molecule has 2 rings (SSSR count). The second kappa shape index (κ2) is 7.15. The van der Waals surface area contributed by atoms with Crippen LogP contribution in [0.1, 0.15) is 64.3 Å². The Morgan fingerprint density at radius 1 is 1.29 bits per heavy atom. The highest BCUT2D eigenvalue weighted by Crippen LogP contribution is 2.43. The second-order valence-corrected chi connectivity index (χ2v) is 6.99. The molecule has 1 heterocycles. The van der Waals surface area contributed by atoms with E-state index in [1.807, 2.05) is 0 Å². The van der Waals surface area contributed by atoms with E-state index >= 15 is 0 Å². The first-order valence-corrected chi connectivity index (χ1v) is 8.91. The Hall–Kier alpha value is -0.540. The Kier molecular flexibility index (Phi) is 5.73. The van der Waals surface area contributed by atoms with Crippen molar-refractivity contribution in [2.45, 2.75) is 72.3 Å². The number of hydrogen-bond acceptors (Lipinski definition) is 2. The van der Waals surface area contributed by atoms with E-state index in [9.17, 15) is 0 Å². The van der Waals surface area contributed by atoms with E-state index in [0.717, 1.165) is 42.6 Å². The van der Waals surface area contributed by atoms with Crippen molar-refractivity contribution in [3.05, 3.63) is 16.4 Å². The molecule has 120 valence electrons. The molecular weight excluding hydrogens is 282 g/mol. The molecular formula is C17H30ClN3. The molecule has 0 aromatic carbocycles. The van der Waals surface area contributed by atoms with Gasteiger partial charge in [0.15, 0.2) is 0 Å². The molecule has 0 aliphatic heterocycles. The van der Waals surface area contributed by atoms with E-state index in [1.54, 1.807) is 0 Å². The van der Waals surface area contributed by atoms with Gasteiger partial charge in [-0.3, -0.25) is 4.68 Å². The molecule has 0 saturated heterocycles. The molecule has 1 aliphatic rings. The third-order valence-corrected chi connectivity index (χ3v) is 5.85. The summed E-state index contributed by atoms with van der Waals surface area (Å²) in [5, 5.41) is 5.53. The quantitative estimate of drug-likeness (QED) is 0.855. The van der Waals surface area contributed by atoms with Gasteiger partial charge in [0.1, 0.15) is 0 Å². The largest absolute Gasteiger partial charge is 0.330 e. The number of rotatable bonds is 6. The van der Waals surface area contributed by atoms with Crippen molar-refractivity contribution in [2.24, 2.45) is 17.1 Å². The Balaban J connectivity index is 2.21. The van der Waals surface area contributed by atoms with Crippen LogP contribution < -0.4 is 5.73 Å². The van der Waals surface area contributed by atoms with Gasteiger partial charge >= 0.3 is 0 Å². The molecule has 0 unspecified atom stereocenters. The number of halogens is 1. The van der Waals surface area contributed by atoms with Crippen molar-refractivity contribution in [1.29, 1.82) is 0 Å². The fraction of sp³-hybridized carbons (Fsp3) is 0.824. The first-order valence-electron chi connectivity index (χ1n) is 8.53. The van der Waals surface area contributed by atoms with Gasteiger partial charge in [0.2, 0.25) is 0 Å². The van der Waals surface area contributed by atoms with Crippen LogP contribution in [0.5, 0.6) is 0 Å². The first-order chi connectivity index (χ1) is 10.1. The molecule has 1 aromatic heterocycles. The van der Waals surface area contributed by atoms with Crippen molar-refractivity contribution in [2.75, 3.05) is 6.54 Å². The maximum absolute atomic E-state index is 6.58. The Morgan fingerprint density at radius 3 is 2.43 bits per heavy atom. The van der Waals surface area contributed by atoms with Gasteiger partial charge in [0.05, 0.1) is 16.4 Å². The predicted molar refractivity (Wildman–Crippen MR) is 89.7 cm³/mol. The Morgan fingerprint density at radius 2 is 1.95 bits per heavy atom. The molecule has 1 aromatic rings. The molecule has 1 aliphatic carbocycles. The molecule has 0 bridgehead atoms. The molecule has 0 radical (unpaired) electrons. The number of aryl methyl sites for hydroxylation is 2. The fourth-order valence-electron chi connectivity index (χ4n) is 3.69. The molecule has 3 nitrogen and oxygen atoms in total. The van der Waals surface area contributed by atoms with E-state index in [1.165, 1.54) is 37.8 Å². The van der Waals surface area contributed by atoms with Gasteiger partial charge in [-0.2, -0.15) is 5.10 Å². The molecule has 1 saturated carbocycles. The number of aromatic nitrogens is 2. The lowest BCUT2D eigenvalue weighted by atomic mass is 9.67. The van der Waals surface area contributed by atoms with E-state index in [0.29, 0.717) is 0 Å². The van der Waals surface area contributed by atoms with Crippen LogP contribution in [-0.2, 0) is 19.4 Å². The van der Waals surface area contributed by atoms with E-state index in [-0.39, 0.29) is 5.41 Å². The number of hydrogen-bond donors (Lipinski definition) is 1. The lowest BCUT2D eigenvalue weighted by Crippen LogP contribution is -2.37. The van der Waals surface area contributed by atoms with Gasteiger partial charge in [-0.25, -0.2) is 0 Å². The average molecular weight is 312 g/mol. The zero-order chi connectivity index (χ0) is 15.5. The lowest BCUT2D eigenvalue weighted by molar-refractivity contribution is 0.150. The summed E-state index contributed by atoms with van der Waals surface area (Å²) in [6, 6.07) is 0. The zero-order valence-electron chi connectivity index (χ0n) is 13.8. The van der Waals surface area contributed by atoms with Crippen LogP contribution >= 0.6 is 11.6 Å². The summed E-state index contributed by atoms with van der Waals surface area (Å²) < 4.78 is 2.09. The minimum Gasteiger partial charge on any atom is -0.330 e. The SMILES string of the molecule is CCc1nn(CC)c(CC2(CN)CCC(CC)CC2)c1Cl. The summed E-state index contributed by atoms with van der Waals surface area (Å²) in [4.78, 5) is 0. The number of nitrogens with zero attached hydrogens (tertiary/aromatic N) is 2. The highest BCUT2D eigenvalue weighted by molar-refractivity contribution is 6.31. The summed E-state index contributed by atoms with van der Waals surface area (Å²) in [5.74, 6) is 0.891. The third-order valence-electron chi connectivity index (χ3n) is 5.41. The molecule has 21 heavy (non-hydrogen) atoms. The topological polar surface area (TPSA) is 43.8 Å². The summed E-state index contributed by atoms with van der Waals surface area (Å²) >= 11 is 6.58. The third kappa shape index (κ3) is 3.45. The van der Waals surface area contributed by atoms with Crippen LogP contribution in [-0.4, -0.2) is 16.3 Å². The smallest absolute Gasteiger partial charge is 0.0850 e. The van der Waals surface area contributed by atoms with Gasteiger partial charge in [0, 0.05) is 6.54 Å². The zero-order valence-corrected chi connectivity index (χ0v) is 14.5. The summed E-state index contributed by atoms with van der Waals surface area (Å²) in [5.41, 5.74) is 8.65. The summed E-state index contributed by atoms with van der Waals surface area (Å²) in [6.07, 6.45) is 8.27. The van der Waals surface area contributed by atoms with Crippen LogP contribution in [0.3, 0.4) is 0 Å². The van der Waals surface area contributed by atoms with Gasteiger partial charge < -0.3 is 5.73 Å². The van der Waals surface area contributed by atoms with Gasteiger partial charge in [-0.05, 0) is 63.3 Å². The minimum atomic E-state index is 0.229. The molecule has 4 heteroatoms. The maximum Gasteiger partial charge on any atom is 0.0850 e. The maximum atomic E-state index is 6.58. The van der Waals surface area contributed by atoms with E-state index < -0.39 is 0 Å². The standard InChI is InChI=1S/C17H30ClN3/c1-4-13-7-9-17(12-19,10-8-13)11-15-16(18)14(5-2)20-21(15)6-3/h13H,4-12,19H2,1-3H3. The molecule has 2 N–H and O–H groups in total. The number of nitrogens with two attached hydrogens (primary N) is 1.